The van der Waals surface area contributed by atoms with E-state index in [0.717, 1.165) is 6.42 Å². The Morgan fingerprint density at radius 1 is 1.50 bits per heavy atom. The smallest absolute Gasteiger partial charge is 0.326 e. The Bertz CT molecular complexity index is 379. The Kier molecular flexibility index (Phi) is 6.51. The number of carbonyl (C=O) groups is 2. The fourth-order valence-electron chi connectivity index (χ4n) is 2.15. The van der Waals surface area contributed by atoms with Crippen LogP contribution in [0.5, 0.6) is 0 Å². The number of carbonyl (C=O) groups excluding carboxylic acids is 1. The SMILES string of the molecule is COCC1=CCN(C(=O)N[C@H](CC(C)C)C(=O)O)CC1. The van der Waals surface area contributed by atoms with E-state index in [9.17, 15) is 9.59 Å². The van der Waals surface area contributed by atoms with Crippen LogP contribution in [0.1, 0.15) is 26.7 Å². The Morgan fingerprint density at radius 3 is 2.65 bits per heavy atom. The molecular weight excluding hydrogens is 260 g/mol. The Hall–Kier alpha value is -1.56. The second-order valence-corrected chi connectivity index (χ2v) is 5.46. The van der Waals surface area contributed by atoms with E-state index in [1.807, 2.05) is 19.9 Å². The predicted octanol–water partition coefficient (Wildman–Crippen LogP) is 1.47. The van der Waals surface area contributed by atoms with Crippen LogP contribution in [0.15, 0.2) is 11.6 Å². The van der Waals surface area contributed by atoms with Gasteiger partial charge in [0.05, 0.1) is 6.61 Å². The van der Waals surface area contributed by atoms with Crippen molar-refractivity contribution in [3.63, 3.8) is 0 Å². The van der Waals surface area contributed by atoms with Crippen molar-refractivity contribution in [2.75, 3.05) is 26.8 Å². The molecule has 0 aromatic carbocycles. The van der Waals surface area contributed by atoms with Crippen molar-refractivity contribution in [3.05, 3.63) is 11.6 Å². The highest BCUT2D eigenvalue weighted by Crippen LogP contribution is 2.12. The molecule has 0 aliphatic carbocycles. The number of ether oxygens (including phenoxy) is 1. The number of nitrogens with zero attached hydrogens (tertiary/aromatic N) is 1. The molecule has 6 nitrogen and oxygen atoms in total. The van der Waals surface area contributed by atoms with Gasteiger partial charge >= 0.3 is 12.0 Å². The lowest BCUT2D eigenvalue weighted by Gasteiger charge is -2.28. The number of carboxylic acid groups (broad SMARTS) is 1. The summed E-state index contributed by atoms with van der Waals surface area (Å²) in [7, 11) is 1.64. The first-order valence-electron chi connectivity index (χ1n) is 6.89. The lowest BCUT2D eigenvalue weighted by Crippen LogP contribution is -2.49. The number of rotatable bonds is 6. The van der Waals surface area contributed by atoms with Crippen molar-refractivity contribution in [3.8, 4) is 0 Å². The van der Waals surface area contributed by atoms with Gasteiger partial charge < -0.3 is 20.1 Å². The molecule has 0 unspecified atom stereocenters. The van der Waals surface area contributed by atoms with E-state index in [4.69, 9.17) is 9.84 Å². The van der Waals surface area contributed by atoms with E-state index in [-0.39, 0.29) is 11.9 Å². The highest BCUT2D eigenvalue weighted by atomic mass is 16.5. The molecule has 0 aromatic rings. The normalized spacial score (nSPS) is 16.8. The maximum absolute atomic E-state index is 12.0. The largest absolute Gasteiger partial charge is 0.480 e. The summed E-state index contributed by atoms with van der Waals surface area (Å²) in [6.07, 6.45) is 3.16. The minimum absolute atomic E-state index is 0.214. The third-order valence-corrected chi connectivity index (χ3v) is 3.22. The Labute approximate surface area is 119 Å². The summed E-state index contributed by atoms with van der Waals surface area (Å²) in [5.41, 5.74) is 1.17. The molecule has 0 fully saturated rings. The average Bonchev–Trinajstić information content (AvgIpc) is 2.38. The van der Waals surface area contributed by atoms with Crippen LogP contribution in [-0.4, -0.2) is 54.9 Å². The highest BCUT2D eigenvalue weighted by Gasteiger charge is 2.24. The van der Waals surface area contributed by atoms with Crippen LogP contribution in [0.3, 0.4) is 0 Å². The van der Waals surface area contributed by atoms with Crippen molar-refractivity contribution in [2.45, 2.75) is 32.7 Å². The fraction of sp³-hybridized carbons (Fsp3) is 0.714. The Balaban J connectivity index is 2.52. The number of hydrogen-bond donors (Lipinski definition) is 2. The van der Waals surface area contributed by atoms with Crippen LogP contribution >= 0.6 is 0 Å². The van der Waals surface area contributed by atoms with Crippen LogP contribution in [0.25, 0.3) is 0 Å². The van der Waals surface area contributed by atoms with Crippen LogP contribution < -0.4 is 5.32 Å². The first kappa shape index (κ1) is 16.5. The van der Waals surface area contributed by atoms with Gasteiger partial charge in [0.2, 0.25) is 0 Å². The number of nitrogens with one attached hydrogen (secondary N) is 1. The second-order valence-electron chi connectivity index (χ2n) is 5.46. The molecule has 1 aliphatic rings. The van der Waals surface area contributed by atoms with Gasteiger partial charge in [-0.3, -0.25) is 0 Å². The first-order chi connectivity index (χ1) is 9.43. The van der Waals surface area contributed by atoms with Crippen molar-refractivity contribution < 1.29 is 19.4 Å². The average molecular weight is 284 g/mol. The minimum Gasteiger partial charge on any atom is -0.480 e. The van der Waals surface area contributed by atoms with Gasteiger partial charge in [-0.05, 0) is 24.3 Å². The van der Waals surface area contributed by atoms with E-state index in [2.05, 4.69) is 5.32 Å². The maximum atomic E-state index is 12.0. The molecule has 1 aliphatic heterocycles. The van der Waals surface area contributed by atoms with E-state index < -0.39 is 12.0 Å². The van der Waals surface area contributed by atoms with Crippen LogP contribution in [0.2, 0.25) is 0 Å². The summed E-state index contributed by atoms with van der Waals surface area (Å²) in [4.78, 5) is 24.8. The summed E-state index contributed by atoms with van der Waals surface area (Å²) in [6, 6.07) is -1.14. The van der Waals surface area contributed by atoms with Crippen LogP contribution in [0.4, 0.5) is 4.79 Å². The minimum atomic E-state index is -0.986. The highest BCUT2D eigenvalue weighted by molar-refractivity contribution is 5.82. The van der Waals surface area contributed by atoms with Gasteiger partial charge in [-0.25, -0.2) is 9.59 Å². The second kappa shape index (κ2) is 7.89. The quantitative estimate of drug-likeness (QED) is 0.724. The maximum Gasteiger partial charge on any atom is 0.326 e. The molecule has 0 aromatic heterocycles. The molecule has 2 amide bonds. The van der Waals surface area contributed by atoms with Gasteiger partial charge in [0.25, 0.3) is 0 Å². The zero-order valence-corrected chi connectivity index (χ0v) is 12.4. The van der Waals surface area contributed by atoms with Crippen LogP contribution in [0, 0.1) is 5.92 Å². The molecule has 20 heavy (non-hydrogen) atoms. The summed E-state index contributed by atoms with van der Waals surface area (Å²) in [5, 5.41) is 11.7. The predicted molar refractivity (Wildman–Crippen MR) is 75.6 cm³/mol. The molecule has 2 N–H and O–H groups in total. The number of aliphatic carboxylic acids is 1. The third-order valence-electron chi connectivity index (χ3n) is 3.22. The molecule has 0 spiro atoms. The number of carboxylic acids is 1. The van der Waals surface area contributed by atoms with E-state index in [1.54, 1.807) is 12.0 Å². The molecule has 0 saturated heterocycles. The molecule has 1 rings (SSSR count). The standard InChI is InChI=1S/C14H24N2O4/c1-10(2)8-12(13(17)18)15-14(19)16-6-4-11(5-7-16)9-20-3/h4,10,12H,5-9H2,1-3H3,(H,15,19)(H,17,18)/t12-/m1/s1. The molecular formula is C14H24N2O4. The molecule has 0 radical (unpaired) electrons. The van der Waals surface area contributed by atoms with Gasteiger partial charge in [0.15, 0.2) is 0 Å². The van der Waals surface area contributed by atoms with Crippen molar-refractivity contribution in [1.82, 2.24) is 10.2 Å². The summed E-state index contributed by atoms with van der Waals surface area (Å²) < 4.78 is 5.05. The number of urea groups is 1. The van der Waals surface area contributed by atoms with Crippen molar-refractivity contribution in [2.24, 2.45) is 5.92 Å². The molecule has 1 heterocycles. The zero-order chi connectivity index (χ0) is 15.1. The topological polar surface area (TPSA) is 78.9 Å². The lowest BCUT2D eigenvalue weighted by molar-refractivity contribution is -0.139. The van der Waals surface area contributed by atoms with Crippen molar-refractivity contribution in [1.29, 1.82) is 0 Å². The molecule has 114 valence electrons. The van der Waals surface area contributed by atoms with Crippen molar-refractivity contribution >= 4 is 12.0 Å². The zero-order valence-electron chi connectivity index (χ0n) is 12.4. The molecule has 0 bridgehead atoms. The molecule has 1 atom stereocenters. The Morgan fingerprint density at radius 2 is 2.20 bits per heavy atom. The van der Waals surface area contributed by atoms with Gasteiger partial charge in [-0.2, -0.15) is 0 Å². The number of amides is 2. The van der Waals surface area contributed by atoms with E-state index >= 15 is 0 Å². The summed E-state index contributed by atoms with van der Waals surface area (Å²) in [5.74, 6) is -0.773. The van der Waals surface area contributed by atoms with Gasteiger partial charge in [0, 0.05) is 20.2 Å². The van der Waals surface area contributed by atoms with Gasteiger partial charge in [-0.15, -0.1) is 0 Å². The molecule has 0 saturated carbocycles. The monoisotopic (exact) mass is 284 g/mol. The van der Waals surface area contributed by atoms with Gasteiger partial charge in [0.1, 0.15) is 6.04 Å². The van der Waals surface area contributed by atoms with E-state index in [0.29, 0.717) is 26.1 Å². The number of hydrogen-bond acceptors (Lipinski definition) is 3. The first-order valence-corrected chi connectivity index (χ1v) is 6.89. The van der Waals surface area contributed by atoms with Gasteiger partial charge in [-0.1, -0.05) is 19.9 Å². The number of methoxy groups -OCH3 is 1. The fourth-order valence-corrected chi connectivity index (χ4v) is 2.15. The van der Waals surface area contributed by atoms with E-state index in [1.165, 1.54) is 5.57 Å². The molecule has 6 heteroatoms. The third kappa shape index (κ3) is 5.21. The van der Waals surface area contributed by atoms with Crippen LogP contribution in [-0.2, 0) is 9.53 Å². The lowest BCUT2D eigenvalue weighted by atomic mass is 10.0. The summed E-state index contributed by atoms with van der Waals surface area (Å²) >= 11 is 0. The summed E-state index contributed by atoms with van der Waals surface area (Å²) in [6.45, 7) is 5.54.